The van der Waals surface area contributed by atoms with Crippen molar-refractivity contribution < 1.29 is 13.3 Å². The van der Waals surface area contributed by atoms with E-state index in [4.69, 9.17) is 0 Å². The number of rotatable bonds is 4. The van der Waals surface area contributed by atoms with E-state index < -0.39 is 19.5 Å². The molecule has 0 amide bonds. The van der Waals surface area contributed by atoms with E-state index in [9.17, 15) is 18.5 Å². The van der Waals surface area contributed by atoms with Crippen molar-refractivity contribution in [3.8, 4) is 0 Å². The molecule has 0 radical (unpaired) electrons. The third-order valence-corrected chi connectivity index (χ3v) is 7.70. The predicted octanol–water partition coefficient (Wildman–Crippen LogP) is 2.55. The topological polar surface area (TPSA) is 93.4 Å². The highest BCUT2D eigenvalue weighted by molar-refractivity contribution is 9.10. The smallest absolute Gasteiger partial charge is 0.288 e. The van der Waals surface area contributed by atoms with E-state index in [-0.39, 0.29) is 11.4 Å². The molecule has 9 heteroatoms. The largest absolute Gasteiger partial charge is 0.353 e. The highest BCUT2D eigenvalue weighted by atomic mass is 79.9. The van der Waals surface area contributed by atoms with Crippen LogP contribution in [0.1, 0.15) is 26.7 Å². The lowest BCUT2D eigenvalue weighted by Gasteiger charge is -2.42. The zero-order valence-electron chi connectivity index (χ0n) is 12.5. The zero-order chi connectivity index (χ0) is 16.5. The first-order chi connectivity index (χ1) is 10.3. The summed E-state index contributed by atoms with van der Waals surface area (Å²) in [5.41, 5.74) is -0.0995. The molecule has 1 aromatic rings. The Morgan fingerprint density at radius 3 is 2.59 bits per heavy atom. The predicted molar refractivity (Wildman–Crippen MR) is 87.9 cm³/mol. The van der Waals surface area contributed by atoms with Gasteiger partial charge in [-0.15, -0.1) is 0 Å². The Kier molecular flexibility index (Phi) is 4.76. The molecule has 7 nitrogen and oxygen atoms in total. The first-order valence-electron chi connectivity index (χ1n) is 7.03. The Balaban J connectivity index is 2.37. The number of halogens is 1. The van der Waals surface area contributed by atoms with Gasteiger partial charge < -0.3 is 4.90 Å². The Labute approximate surface area is 137 Å². The van der Waals surface area contributed by atoms with Gasteiger partial charge in [-0.2, -0.15) is 0 Å². The highest BCUT2D eigenvalue weighted by Gasteiger charge is 2.45. The first kappa shape index (κ1) is 17.1. The number of pyridine rings is 1. The number of sulfone groups is 1. The van der Waals surface area contributed by atoms with Crippen molar-refractivity contribution in [2.45, 2.75) is 31.4 Å². The van der Waals surface area contributed by atoms with Gasteiger partial charge in [0.2, 0.25) is 0 Å². The van der Waals surface area contributed by atoms with E-state index in [0.717, 1.165) is 0 Å². The van der Waals surface area contributed by atoms with Crippen molar-refractivity contribution in [3.05, 3.63) is 26.9 Å². The van der Waals surface area contributed by atoms with E-state index >= 15 is 0 Å². The number of nitro groups is 1. The van der Waals surface area contributed by atoms with Crippen LogP contribution in [0, 0.1) is 10.1 Å². The number of anilines is 1. The summed E-state index contributed by atoms with van der Waals surface area (Å²) in [6.45, 7) is 4.45. The zero-order valence-corrected chi connectivity index (χ0v) is 14.9. The van der Waals surface area contributed by atoms with Crippen molar-refractivity contribution in [3.63, 3.8) is 0 Å². The first-order valence-corrected chi connectivity index (χ1v) is 9.48. The van der Waals surface area contributed by atoms with Crippen LogP contribution in [0.3, 0.4) is 0 Å². The van der Waals surface area contributed by atoms with Crippen molar-refractivity contribution in [2.24, 2.45) is 0 Å². The molecule has 0 N–H and O–H groups in total. The fourth-order valence-electron chi connectivity index (χ4n) is 2.82. The SMILES string of the molecule is CCC1(CC)CN(c2ncc([N+](=O)[O-])cc2Br)CCS1(=O)=O. The summed E-state index contributed by atoms with van der Waals surface area (Å²) in [4.78, 5) is 16.3. The molecule has 122 valence electrons. The van der Waals surface area contributed by atoms with Crippen LogP contribution in [0.25, 0.3) is 0 Å². The molecule has 0 atom stereocenters. The summed E-state index contributed by atoms with van der Waals surface area (Å²) in [6, 6.07) is 1.39. The molecule has 0 saturated carbocycles. The molecule has 2 heterocycles. The van der Waals surface area contributed by atoms with Crippen LogP contribution in [0.4, 0.5) is 11.5 Å². The lowest BCUT2D eigenvalue weighted by molar-refractivity contribution is -0.385. The fourth-order valence-corrected chi connectivity index (χ4v) is 5.53. The fraction of sp³-hybridized carbons (Fsp3) is 0.615. The van der Waals surface area contributed by atoms with Gasteiger partial charge in [-0.3, -0.25) is 10.1 Å². The van der Waals surface area contributed by atoms with Crippen LogP contribution >= 0.6 is 15.9 Å². The number of nitrogens with zero attached hydrogens (tertiary/aromatic N) is 3. The molecular weight excluding hydrogens is 374 g/mol. The molecule has 1 aromatic heterocycles. The normalized spacial score (nSPS) is 19.9. The minimum atomic E-state index is -3.15. The molecule has 22 heavy (non-hydrogen) atoms. The van der Waals surface area contributed by atoms with E-state index in [1.807, 2.05) is 18.7 Å². The summed E-state index contributed by atoms with van der Waals surface area (Å²) in [7, 11) is -3.15. The molecule has 0 aliphatic carbocycles. The lowest BCUT2D eigenvalue weighted by Crippen LogP contribution is -2.56. The van der Waals surface area contributed by atoms with Gasteiger partial charge in [-0.05, 0) is 28.8 Å². The molecule has 0 aromatic carbocycles. The maximum atomic E-state index is 12.4. The molecule has 1 fully saturated rings. The van der Waals surface area contributed by atoms with Crippen LogP contribution in [0.2, 0.25) is 0 Å². The molecule has 0 bridgehead atoms. The summed E-state index contributed by atoms with van der Waals surface area (Å²) in [5, 5.41) is 10.8. The monoisotopic (exact) mass is 391 g/mol. The standard InChI is InChI=1S/C13H18BrN3O4S/c1-3-13(4-2)9-16(5-6-22(13,20)21)12-11(14)7-10(8-15-12)17(18)19/h7-8H,3-6,9H2,1-2H3. The summed E-state index contributed by atoms with van der Waals surface area (Å²) < 4.78 is 24.6. The van der Waals surface area contributed by atoms with Gasteiger partial charge in [0.15, 0.2) is 9.84 Å². The van der Waals surface area contributed by atoms with Crippen LogP contribution < -0.4 is 4.90 Å². The Hall–Kier alpha value is -1.22. The summed E-state index contributed by atoms with van der Waals surface area (Å²) in [6.07, 6.45) is 2.27. The quantitative estimate of drug-likeness (QED) is 0.578. The summed E-state index contributed by atoms with van der Waals surface area (Å²) in [5.74, 6) is 0.617. The average Bonchev–Trinajstić information content (AvgIpc) is 2.47. The van der Waals surface area contributed by atoms with Crippen molar-refractivity contribution in [2.75, 3.05) is 23.7 Å². The van der Waals surface area contributed by atoms with Gasteiger partial charge >= 0.3 is 0 Å². The molecule has 1 aliphatic heterocycles. The lowest BCUT2D eigenvalue weighted by atomic mass is 10.0. The Bertz CT molecular complexity index is 689. The van der Waals surface area contributed by atoms with Crippen molar-refractivity contribution in [1.29, 1.82) is 0 Å². The van der Waals surface area contributed by atoms with E-state index in [2.05, 4.69) is 20.9 Å². The van der Waals surface area contributed by atoms with Gasteiger partial charge in [-0.25, -0.2) is 13.4 Å². The highest BCUT2D eigenvalue weighted by Crippen LogP contribution is 2.36. The number of hydrogen-bond acceptors (Lipinski definition) is 6. The maximum absolute atomic E-state index is 12.4. The van der Waals surface area contributed by atoms with Crippen LogP contribution in [-0.2, 0) is 9.84 Å². The third kappa shape index (κ3) is 2.83. The summed E-state index contributed by atoms with van der Waals surface area (Å²) >= 11 is 3.30. The van der Waals surface area contributed by atoms with Gasteiger partial charge in [0, 0.05) is 19.2 Å². The number of aromatic nitrogens is 1. The van der Waals surface area contributed by atoms with E-state index in [1.165, 1.54) is 12.3 Å². The minimum Gasteiger partial charge on any atom is -0.353 e. The molecular formula is C13H18BrN3O4S. The van der Waals surface area contributed by atoms with Crippen LogP contribution in [-0.4, -0.2) is 41.9 Å². The van der Waals surface area contributed by atoms with Crippen molar-refractivity contribution in [1.82, 2.24) is 4.98 Å². The molecule has 2 rings (SSSR count). The van der Waals surface area contributed by atoms with Crippen LogP contribution in [0.5, 0.6) is 0 Å². The molecule has 0 spiro atoms. The average molecular weight is 392 g/mol. The second kappa shape index (κ2) is 6.11. The molecule has 1 saturated heterocycles. The van der Waals surface area contributed by atoms with E-state index in [0.29, 0.717) is 36.2 Å². The Morgan fingerprint density at radius 2 is 2.09 bits per heavy atom. The maximum Gasteiger partial charge on any atom is 0.288 e. The molecule has 0 unspecified atom stereocenters. The van der Waals surface area contributed by atoms with Gasteiger partial charge in [-0.1, -0.05) is 13.8 Å². The molecule has 1 aliphatic rings. The third-order valence-electron chi connectivity index (χ3n) is 4.38. The second-order valence-electron chi connectivity index (χ2n) is 5.39. The van der Waals surface area contributed by atoms with Gasteiger partial charge in [0.05, 0.1) is 19.9 Å². The van der Waals surface area contributed by atoms with Crippen molar-refractivity contribution >= 4 is 37.3 Å². The Morgan fingerprint density at radius 1 is 1.45 bits per heavy atom. The van der Waals surface area contributed by atoms with Gasteiger partial charge in [0.25, 0.3) is 5.69 Å². The van der Waals surface area contributed by atoms with Gasteiger partial charge in [0.1, 0.15) is 12.0 Å². The number of hydrogen-bond donors (Lipinski definition) is 0. The van der Waals surface area contributed by atoms with Crippen LogP contribution in [0.15, 0.2) is 16.7 Å². The van der Waals surface area contributed by atoms with E-state index in [1.54, 1.807) is 0 Å². The second-order valence-corrected chi connectivity index (χ2v) is 8.74. The minimum absolute atomic E-state index is 0.0692.